The molecule has 3 N–H and O–H groups in total. The van der Waals surface area contributed by atoms with Crippen molar-refractivity contribution < 1.29 is 22.7 Å². The number of aromatic amines is 1. The number of nitrogens with zero attached hydrogens (tertiary/aromatic N) is 1. The number of benzene rings is 2. The molecule has 1 aliphatic rings. The molecule has 222 valence electrons. The van der Waals surface area contributed by atoms with E-state index in [1.807, 2.05) is 31.2 Å². The van der Waals surface area contributed by atoms with Crippen LogP contribution in [0.3, 0.4) is 0 Å². The zero-order chi connectivity index (χ0) is 30.2. The number of pyridine rings is 1. The number of aryl methyl sites for hydroxylation is 1. The maximum absolute atomic E-state index is 13.6. The van der Waals surface area contributed by atoms with Crippen LogP contribution in [0.1, 0.15) is 70.3 Å². The molecule has 3 heterocycles. The zero-order valence-corrected chi connectivity index (χ0v) is 24.1. The molecular formula is C32H35F3N4O3. The first-order chi connectivity index (χ1) is 20.0. The molecule has 4 aromatic rings. The Bertz CT molecular complexity index is 1670. The number of carbonyl (C=O) groups excluding carboxylic acids is 1. The number of piperidine rings is 1. The lowest BCUT2D eigenvalue weighted by Gasteiger charge is -2.36. The lowest BCUT2D eigenvalue weighted by atomic mass is 9.84. The van der Waals surface area contributed by atoms with Crippen molar-refractivity contribution in [1.29, 1.82) is 0 Å². The minimum absolute atomic E-state index is 0.000908. The fourth-order valence-electron chi connectivity index (χ4n) is 6.28. The van der Waals surface area contributed by atoms with Gasteiger partial charge >= 0.3 is 6.18 Å². The Hall–Kier alpha value is -4.05. The van der Waals surface area contributed by atoms with E-state index in [0.29, 0.717) is 41.1 Å². The molecule has 0 aliphatic carbocycles. The number of amides is 1. The van der Waals surface area contributed by atoms with Crippen molar-refractivity contribution in [3.63, 3.8) is 0 Å². The van der Waals surface area contributed by atoms with Crippen LogP contribution in [0, 0.1) is 19.8 Å². The highest BCUT2D eigenvalue weighted by Crippen LogP contribution is 2.39. The third kappa shape index (κ3) is 5.68. The topological polar surface area (TPSA) is 88.2 Å². The number of aromatic nitrogens is 2. The number of hydrogen-bond acceptors (Lipinski definition) is 4. The van der Waals surface area contributed by atoms with Gasteiger partial charge in [0.2, 0.25) is 0 Å². The molecule has 0 spiro atoms. The Morgan fingerprint density at radius 3 is 2.64 bits per heavy atom. The summed E-state index contributed by atoms with van der Waals surface area (Å²) >= 11 is 0. The van der Waals surface area contributed by atoms with E-state index in [4.69, 9.17) is 4.74 Å². The van der Waals surface area contributed by atoms with Crippen LogP contribution < -0.4 is 20.9 Å². The molecule has 1 fully saturated rings. The van der Waals surface area contributed by atoms with E-state index in [2.05, 4.69) is 27.1 Å². The summed E-state index contributed by atoms with van der Waals surface area (Å²) in [6, 6.07) is 14.7. The molecule has 2 aromatic heterocycles. The lowest BCUT2D eigenvalue weighted by molar-refractivity contribution is -0.137. The highest BCUT2D eigenvalue weighted by atomic mass is 19.4. The van der Waals surface area contributed by atoms with E-state index in [9.17, 15) is 22.8 Å². The van der Waals surface area contributed by atoms with Gasteiger partial charge in [0, 0.05) is 34.4 Å². The van der Waals surface area contributed by atoms with Crippen LogP contribution in [0.5, 0.6) is 5.75 Å². The fraction of sp³-hybridized carbons (Fsp3) is 0.375. The van der Waals surface area contributed by atoms with Crippen molar-refractivity contribution in [3.8, 4) is 5.75 Å². The van der Waals surface area contributed by atoms with Gasteiger partial charge in [0.05, 0.1) is 30.3 Å². The van der Waals surface area contributed by atoms with Crippen LogP contribution in [0.15, 0.2) is 59.4 Å². The summed E-state index contributed by atoms with van der Waals surface area (Å²) in [4.78, 5) is 28.9. The van der Waals surface area contributed by atoms with Crippen molar-refractivity contribution >= 4 is 16.8 Å². The monoisotopic (exact) mass is 580 g/mol. The molecule has 3 unspecified atom stereocenters. The summed E-state index contributed by atoms with van der Waals surface area (Å²) in [6.07, 6.45) is -2.89. The highest BCUT2D eigenvalue weighted by molar-refractivity contribution is 6.08. The van der Waals surface area contributed by atoms with Gasteiger partial charge in [-0.3, -0.25) is 9.59 Å². The third-order valence-electron chi connectivity index (χ3n) is 8.41. The van der Waals surface area contributed by atoms with Crippen molar-refractivity contribution in [2.75, 3.05) is 13.7 Å². The van der Waals surface area contributed by atoms with Crippen LogP contribution in [0.25, 0.3) is 10.9 Å². The van der Waals surface area contributed by atoms with E-state index in [1.165, 1.54) is 19.2 Å². The number of para-hydroxylation sites is 1. The molecule has 1 saturated heterocycles. The van der Waals surface area contributed by atoms with Crippen molar-refractivity contribution in [2.24, 2.45) is 5.92 Å². The average molecular weight is 581 g/mol. The van der Waals surface area contributed by atoms with E-state index in [1.54, 1.807) is 19.1 Å². The number of fused-ring (bicyclic) bond motifs is 1. The van der Waals surface area contributed by atoms with Crippen molar-refractivity contribution in [2.45, 2.75) is 58.4 Å². The minimum Gasteiger partial charge on any atom is -0.496 e. The molecule has 1 amide bonds. The number of methoxy groups -OCH3 is 1. The van der Waals surface area contributed by atoms with Crippen LogP contribution in [-0.4, -0.2) is 29.1 Å². The molecule has 1 aliphatic heterocycles. The molecule has 10 heteroatoms. The maximum Gasteiger partial charge on any atom is 0.416 e. The number of H-pyrrole nitrogens is 1. The van der Waals surface area contributed by atoms with Gasteiger partial charge in [-0.2, -0.15) is 13.2 Å². The predicted octanol–water partition coefficient (Wildman–Crippen LogP) is 6.21. The number of nitrogens with one attached hydrogen (secondary N) is 3. The van der Waals surface area contributed by atoms with Gasteiger partial charge in [0.15, 0.2) is 0 Å². The quantitative estimate of drug-likeness (QED) is 0.243. The molecule has 3 atom stereocenters. The zero-order valence-electron chi connectivity index (χ0n) is 24.1. The van der Waals surface area contributed by atoms with Gasteiger partial charge in [-0.1, -0.05) is 30.3 Å². The first-order valence-electron chi connectivity index (χ1n) is 14.0. The van der Waals surface area contributed by atoms with Gasteiger partial charge in [0.1, 0.15) is 5.75 Å². The summed E-state index contributed by atoms with van der Waals surface area (Å²) < 4.78 is 47.6. The molecular weight excluding hydrogens is 545 g/mol. The van der Waals surface area contributed by atoms with E-state index in [0.717, 1.165) is 29.1 Å². The Labute approximate surface area is 242 Å². The second-order valence-corrected chi connectivity index (χ2v) is 11.0. The number of rotatable bonds is 7. The second kappa shape index (κ2) is 11.7. The maximum atomic E-state index is 13.6. The average Bonchev–Trinajstić information content (AvgIpc) is 3.27. The van der Waals surface area contributed by atoms with Crippen LogP contribution in [-0.2, 0) is 12.7 Å². The summed E-state index contributed by atoms with van der Waals surface area (Å²) in [5, 5.41) is 7.10. The normalized spacial score (nSPS) is 18.2. The van der Waals surface area contributed by atoms with E-state index < -0.39 is 11.7 Å². The van der Waals surface area contributed by atoms with Gasteiger partial charge in [-0.15, -0.1) is 0 Å². The van der Waals surface area contributed by atoms with Crippen LogP contribution in [0.2, 0.25) is 0 Å². The van der Waals surface area contributed by atoms with Crippen LogP contribution in [0.4, 0.5) is 13.2 Å². The molecule has 0 saturated carbocycles. The largest absolute Gasteiger partial charge is 0.496 e. The molecule has 0 radical (unpaired) electrons. The SMILES string of the molecule is COc1cc(C)[nH]c(=O)c1CNC(=O)c1c(C)n(C(C)C2CCNC(c3cccc(C(F)(F)F)c3)C2)c2ccccc12. The van der Waals surface area contributed by atoms with Crippen LogP contribution >= 0.6 is 0 Å². The second-order valence-electron chi connectivity index (χ2n) is 11.0. The van der Waals surface area contributed by atoms with E-state index >= 15 is 0 Å². The highest BCUT2D eigenvalue weighted by Gasteiger charge is 2.34. The molecule has 0 bridgehead atoms. The Morgan fingerprint density at radius 2 is 1.90 bits per heavy atom. The van der Waals surface area contributed by atoms with Gasteiger partial charge < -0.3 is 24.9 Å². The smallest absolute Gasteiger partial charge is 0.416 e. The van der Waals surface area contributed by atoms with Gasteiger partial charge in [-0.25, -0.2) is 0 Å². The minimum atomic E-state index is -4.40. The number of ether oxygens (including phenoxy) is 1. The lowest BCUT2D eigenvalue weighted by Crippen LogP contribution is -2.35. The van der Waals surface area contributed by atoms with Gasteiger partial charge in [-0.05, 0) is 75.9 Å². The summed E-state index contributed by atoms with van der Waals surface area (Å²) in [5.74, 6) is 0.265. The Balaban J connectivity index is 1.42. The van der Waals surface area contributed by atoms with Crippen molar-refractivity contribution in [1.82, 2.24) is 20.2 Å². The van der Waals surface area contributed by atoms with Crippen molar-refractivity contribution in [3.05, 3.63) is 98.6 Å². The van der Waals surface area contributed by atoms with Gasteiger partial charge in [0.25, 0.3) is 11.5 Å². The Kier molecular flexibility index (Phi) is 8.19. The summed E-state index contributed by atoms with van der Waals surface area (Å²) in [7, 11) is 1.48. The Morgan fingerprint density at radius 1 is 1.14 bits per heavy atom. The number of alkyl halides is 3. The molecule has 7 nitrogen and oxygen atoms in total. The third-order valence-corrected chi connectivity index (χ3v) is 8.41. The number of halogens is 3. The summed E-state index contributed by atoms with van der Waals surface area (Å²) in [6.45, 7) is 6.45. The number of carbonyl (C=O) groups is 1. The first-order valence-corrected chi connectivity index (χ1v) is 14.0. The summed E-state index contributed by atoms with van der Waals surface area (Å²) in [5.41, 5.74) is 2.88. The standard InChI is InChI=1S/C32H35F3N4O3/c1-18-14-28(42-4)25(30(40)38-18)17-37-31(41)29-20(3)39(27-11-6-5-10-24(27)29)19(2)21-12-13-36-26(16-21)22-8-7-9-23(15-22)32(33,34)35/h5-11,14-15,19,21,26,36H,12-13,16-17H2,1-4H3,(H,37,41)(H,38,40). The fourth-order valence-corrected chi connectivity index (χ4v) is 6.28. The first kappa shape index (κ1) is 29.4. The molecule has 2 aromatic carbocycles. The molecule has 42 heavy (non-hydrogen) atoms. The van der Waals surface area contributed by atoms with E-state index in [-0.39, 0.29) is 36.0 Å². The number of hydrogen-bond donors (Lipinski definition) is 3. The molecule has 5 rings (SSSR count). The predicted molar refractivity (Wildman–Crippen MR) is 156 cm³/mol.